The number of hydrogen-bond acceptors (Lipinski definition) is 3. The van der Waals surface area contributed by atoms with Crippen LogP contribution in [0.1, 0.15) is 45.2 Å². The van der Waals surface area contributed by atoms with Crippen LogP contribution in [-0.4, -0.2) is 38.2 Å². The lowest BCUT2D eigenvalue weighted by Crippen LogP contribution is -2.30. The molecule has 1 rings (SSSR count). The maximum atomic E-state index is 5.51. The Hall–Kier alpha value is -1.06. The minimum Gasteiger partial charge on any atom is -0.496 e. The number of ether oxygens (including phenoxy) is 1. The van der Waals surface area contributed by atoms with E-state index in [0.29, 0.717) is 6.04 Å². The summed E-state index contributed by atoms with van der Waals surface area (Å²) in [5, 5.41) is 3.66. The molecule has 114 valence electrons. The van der Waals surface area contributed by atoms with Gasteiger partial charge >= 0.3 is 0 Å². The van der Waals surface area contributed by atoms with Crippen molar-refractivity contribution in [2.24, 2.45) is 0 Å². The van der Waals surface area contributed by atoms with E-state index < -0.39 is 0 Å². The quantitative estimate of drug-likeness (QED) is 0.709. The van der Waals surface area contributed by atoms with Gasteiger partial charge in [-0.1, -0.05) is 39.0 Å². The molecular formula is C17H30N2O. The summed E-state index contributed by atoms with van der Waals surface area (Å²) in [6.45, 7) is 11.0. The molecule has 1 unspecified atom stereocenters. The van der Waals surface area contributed by atoms with E-state index in [1.54, 1.807) is 7.11 Å². The van der Waals surface area contributed by atoms with Crippen molar-refractivity contribution in [3.63, 3.8) is 0 Å². The molecule has 0 aliphatic carbocycles. The van der Waals surface area contributed by atoms with E-state index >= 15 is 0 Å². The molecule has 1 N–H and O–H groups in total. The minimum absolute atomic E-state index is 0.367. The first-order valence-electron chi connectivity index (χ1n) is 7.85. The standard InChI is InChI=1S/C17H30N2O/c1-5-13-18-16(12-14-19(6-2)7-3)15-10-8-9-11-17(15)20-4/h8-11,16,18H,5-7,12-14H2,1-4H3. The zero-order chi connectivity index (χ0) is 14.8. The number of nitrogens with one attached hydrogen (secondary N) is 1. The molecule has 1 atom stereocenters. The highest BCUT2D eigenvalue weighted by atomic mass is 16.5. The summed E-state index contributed by atoms with van der Waals surface area (Å²) >= 11 is 0. The molecule has 0 heterocycles. The smallest absolute Gasteiger partial charge is 0.123 e. The van der Waals surface area contributed by atoms with Gasteiger partial charge in [-0.3, -0.25) is 0 Å². The highest BCUT2D eigenvalue weighted by Gasteiger charge is 2.15. The first-order chi connectivity index (χ1) is 9.76. The summed E-state index contributed by atoms with van der Waals surface area (Å²) in [5.41, 5.74) is 1.27. The summed E-state index contributed by atoms with van der Waals surface area (Å²) in [4.78, 5) is 2.47. The van der Waals surface area contributed by atoms with Crippen molar-refractivity contribution in [2.75, 3.05) is 33.3 Å². The van der Waals surface area contributed by atoms with Crippen molar-refractivity contribution < 1.29 is 4.74 Å². The third kappa shape index (κ3) is 5.14. The molecule has 0 aliphatic heterocycles. The fourth-order valence-corrected chi connectivity index (χ4v) is 2.49. The van der Waals surface area contributed by atoms with Crippen LogP contribution in [0, 0.1) is 0 Å². The Kier molecular flexibility index (Phi) is 8.31. The molecule has 0 radical (unpaired) electrons. The fraction of sp³-hybridized carbons (Fsp3) is 0.647. The normalized spacial score (nSPS) is 12.7. The van der Waals surface area contributed by atoms with Crippen LogP contribution in [0.4, 0.5) is 0 Å². The second-order valence-electron chi connectivity index (χ2n) is 5.06. The third-order valence-corrected chi connectivity index (χ3v) is 3.78. The summed E-state index contributed by atoms with van der Waals surface area (Å²) in [6.07, 6.45) is 2.26. The van der Waals surface area contributed by atoms with Gasteiger partial charge in [0.05, 0.1) is 7.11 Å². The number of nitrogens with zero attached hydrogens (tertiary/aromatic N) is 1. The van der Waals surface area contributed by atoms with Gasteiger partial charge < -0.3 is 15.0 Å². The Labute approximate surface area is 124 Å². The third-order valence-electron chi connectivity index (χ3n) is 3.78. The lowest BCUT2D eigenvalue weighted by atomic mass is 10.0. The fourth-order valence-electron chi connectivity index (χ4n) is 2.49. The number of para-hydroxylation sites is 1. The zero-order valence-electron chi connectivity index (χ0n) is 13.5. The second-order valence-corrected chi connectivity index (χ2v) is 5.06. The largest absolute Gasteiger partial charge is 0.496 e. The van der Waals surface area contributed by atoms with E-state index in [0.717, 1.165) is 44.8 Å². The summed E-state index contributed by atoms with van der Waals surface area (Å²) in [7, 11) is 1.75. The minimum atomic E-state index is 0.367. The second kappa shape index (κ2) is 9.78. The predicted molar refractivity (Wildman–Crippen MR) is 86.4 cm³/mol. The summed E-state index contributed by atoms with van der Waals surface area (Å²) < 4.78 is 5.51. The molecule has 3 nitrogen and oxygen atoms in total. The molecule has 0 fully saturated rings. The average molecular weight is 278 g/mol. The number of benzene rings is 1. The maximum Gasteiger partial charge on any atom is 0.123 e. The van der Waals surface area contributed by atoms with Gasteiger partial charge in [-0.25, -0.2) is 0 Å². The first-order valence-corrected chi connectivity index (χ1v) is 7.85. The molecule has 3 heteroatoms. The number of methoxy groups -OCH3 is 1. The van der Waals surface area contributed by atoms with E-state index in [9.17, 15) is 0 Å². The van der Waals surface area contributed by atoms with Crippen molar-refractivity contribution in [3.8, 4) is 5.75 Å². The van der Waals surface area contributed by atoms with Crippen molar-refractivity contribution in [1.82, 2.24) is 10.2 Å². The van der Waals surface area contributed by atoms with Crippen molar-refractivity contribution in [3.05, 3.63) is 29.8 Å². The summed E-state index contributed by atoms with van der Waals surface area (Å²) in [6, 6.07) is 8.72. The molecule has 0 bridgehead atoms. The molecule has 0 saturated heterocycles. The Morgan fingerprint density at radius 1 is 1.15 bits per heavy atom. The monoisotopic (exact) mass is 278 g/mol. The van der Waals surface area contributed by atoms with Crippen LogP contribution < -0.4 is 10.1 Å². The van der Waals surface area contributed by atoms with Gasteiger partial charge in [0.15, 0.2) is 0 Å². The first kappa shape index (κ1) is 17.0. The van der Waals surface area contributed by atoms with Gasteiger partial charge in [-0.15, -0.1) is 0 Å². The van der Waals surface area contributed by atoms with Crippen LogP contribution in [0.15, 0.2) is 24.3 Å². The SMILES string of the molecule is CCCNC(CCN(CC)CC)c1ccccc1OC. The van der Waals surface area contributed by atoms with Gasteiger partial charge in [0.25, 0.3) is 0 Å². The molecule has 0 aliphatic rings. The molecule has 1 aromatic rings. The van der Waals surface area contributed by atoms with Gasteiger partial charge in [0.2, 0.25) is 0 Å². The molecule has 0 saturated carbocycles. The van der Waals surface area contributed by atoms with Crippen LogP contribution in [0.5, 0.6) is 5.75 Å². The number of hydrogen-bond donors (Lipinski definition) is 1. The summed E-state index contributed by atoms with van der Waals surface area (Å²) in [5.74, 6) is 0.987. The Morgan fingerprint density at radius 2 is 1.85 bits per heavy atom. The van der Waals surface area contributed by atoms with E-state index in [1.807, 2.05) is 12.1 Å². The Balaban J connectivity index is 2.77. The topological polar surface area (TPSA) is 24.5 Å². The highest BCUT2D eigenvalue weighted by molar-refractivity contribution is 5.35. The Bertz CT molecular complexity index is 364. The predicted octanol–water partition coefficient (Wildman–Crippen LogP) is 3.47. The van der Waals surface area contributed by atoms with Crippen molar-refractivity contribution in [1.29, 1.82) is 0 Å². The van der Waals surface area contributed by atoms with Gasteiger partial charge in [-0.05, 0) is 45.1 Å². The van der Waals surface area contributed by atoms with Gasteiger partial charge in [0, 0.05) is 11.6 Å². The van der Waals surface area contributed by atoms with Crippen molar-refractivity contribution >= 4 is 0 Å². The molecular weight excluding hydrogens is 248 g/mol. The van der Waals surface area contributed by atoms with E-state index in [2.05, 4.69) is 43.1 Å². The Morgan fingerprint density at radius 3 is 2.45 bits per heavy atom. The van der Waals surface area contributed by atoms with E-state index in [4.69, 9.17) is 4.74 Å². The average Bonchev–Trinajstić information content (AvgIpc) is 2.51. The van der Waals surface area contributed by atoms with E-state index in [1.165, 1.54) is 5.56 Å². The highest BCUT2D eigenvalue weighted by Crippen LogP contribution is 2.27. The van der Waals surface area contributed by atoms with Crippen LogP contribution in [0.3, 0.4) is 0 Å². The molecule has 20 heavy (non-hydrogen) atoms. The zero-order valence-corrected chi connectivity index (χ0v) is 13.5. The van der Waals surface area contributed by atoms with Crippen LogP contribution in [-0.2, 0) is 0 Å². The van der Waals surface area contributed by atoms with E-state index in [-0.39, 0.29) is 0 Å². The molecule has 1 aromatic carbocycles. The number of rotatable bonds is 10. The molecule has 0 aromatic heterocycles. The molecule has 0 amide bonds. The van der Waals surface area contributed by atoms with Gasteiger partial charge in [-0.2, -0.15) is 0 Å². The lowest BCUT2D eigenvalue weighted by Gasteiger charge is -2.25. The van der Waals surface area contributed by atoms with Crippen molar-refractivity contribution in [2.45, 2.75) is 39.7 Å². The molecule has 0 spiro atoms. The van der Waals surface area contributed by atoms with Crippen LogP contribution in [0.25, 0.3) is 0 Å². The van der Waals surface area contributed by atoms with Crippen LogP contribution in [0.2, 0.25) is 0 Å². The lowest BCUT2D eigenvalue weighted by molar-refractivity contribution is 0.280. The maximum absolute atomic E-state index is 5.51. The van der Waals surface area contributed by atoms with Gasteiger partial charge in [0.1, 0.15) is 5.75 Å². The van der Waals surface area contributed by atoms with Crippen LogP contribution >= 0.6 is 0 Å².